The number of fused-ring (bicyclic) bond motifs is 18. The Labute approximate surface area is 431 Å². The summed E-state index contributed by atoms with van der Waals surface area (Å²) in [4.78, 5) is 0. The van der Waals surface area contributed by atoms with Crippen molar-refractivity contribution < 1.29 is 9.47 Å². The number of ether oxygens (including phenoxy) is 2. The second-order valence-corrected chi connectivity index (χ2v) is 20.2. The Hall–Kier alpha value is -9.84. The fourth-order valence-corrected chi connectivity index (χ4v) is 13.2. The zero-order valence-electron chi connectivity index (χ0n) is 40.5. The first-order valence-corrected chi connectivity index (χ1v) is 25.9. The maximum atomic E-state index is 7.96. The largest absolute Gasteiger partial charge is 0.455 e. The van der Waals surface area contributed by atoms with E-state index in [0.29, 0.717) is 0 Å². The van der Waals surface area contributed by atoms with Crippen molar-refractivity contribution in [1.82, 2.24) is 9.13 Å². The highest BCUT2D eigenvalue weighted by atomic mass is 16.5. The van der Waals surface area contributed by atoms with Crippen LogP contribution in [-0.4, -0.2) is 15.8 Å². The molecule has 5 heteroatoms. The molecule has 4 nitrogen and oxygen atoms in total. The molecule has 0 saturated heterocycles. The molecule has 0 unspecified atom stereocenters. The van der Waals surface area contributed by atoms with E-state index < -0.39 is 0 Å². The summed E-state index contributed by atoms with van der Waals surface area (Å²) in [5, 5.41) is 14.1. The van der Waals surface area contributed by atoms with Gasteiger partial charge in [-0.1, -0.05) is 194 Å². The van der Waals surface area contributed by atoms with E-state index >= 15 is 0 Å². The van der Waals surface area contributed by atoms with Gasteiger partial charge in [0.2, 0.25) is 0 Å². The van der Waals surface area contributed by atoms with Gasteiger partial charge < -0.3 is 18.6 Å². The van der Waals surface area contributed by atoms with Crippen LogP contribution >= 0.6 is 0 Å². The Morgan fingerprint density at radius 3 is 1.09 bits per heavy atom. The van der Waals surface area contributed by atoms with Gasteiger partial charge in [-0.3, -0.25) is 0 Å². The molecule has 346 valence electrons. The van der Waals surface area contributed by atoms with Crippen molar-refractivity contribution in [2.24, 2.45) is 0 Å². The fraction of sp³-hybridized carbons (Fsp3) is 0. The molecule has 2 aliphatic rings. The van der Waals surface area contributed by atoms with Gasteiger partial charge in [0.05, 0.1) is 22.1 Å². The molecule has 0 saturated carbocycles. The molecule has 0 N–H and O–H groups in total. The van der Waals surface area contributed by atoms with E-state index in [0.717, 1.165) is 117 Å². The topological polar surface area (TPSA) is 28.3 Å². The van der Waals surface area contributed by atoms with E-state index in [1.54, 1.807) is 0 Å². The SMILES string of the molecule is c1ccc(-n2c3ccccc3c3ccc4c(c32)Oc2c(-c3cc5ccccc5c5ccccc35)cc(-c3cc5ccccc5c5ccccc35)c3c2B4c2ccc4c5ccccc5n(-c5ccccc5)c4c2O3)cc1. The van der Waals surface area contributed by atoms with E-state index in [2.05, 4.69) is 258 Å². The zero-order chi connectivity index (χ0) is 48.9. The number of para-hydroxylation sites is 4. The highest BCUT2D eigenvalue weighted by Crippen LogP contribution is 2.53. The molecule has 0 atom stereocenters. The van der Waals surface area contributed by atoms with E-state index in [9.17, 15) is 0 Å². The van der Waals surface area contributed by atoms with Crippen LogP contribution in [0.4, 0.5) is 0 Å². The van der Waals surface area contributed by atoms with Gasteiger partial charge >= 0.3 is 0 Å². The van der Waals surface area contributed by atoms with Crippen molar-refractivity contribution in [2.75, 3.05) is 0 Å². The lowest BCUT2D eigenvalue weighted by molar-refractivity contribution is 0.470. The Kier molecular flexibility index (Phi) is 8.33. The van der Waals surface area contributed by atoms with Crippen LogP contribution in [0, 0.1) is 0 Å². The standard InChI is InChI=1S/C70H41BN2O2/c1-3-21-44(22-4-1)72-62-33-17-15-31-52(62)54-35-37-60-69(65(54)72)74-67-58(56-39-42-19-7-9-25-46(42)48-27-11-13-29-50(48)56)41-59(57-40-43-20-8-10-26-47(43)49-28-12-14-30-51(49)57)68-64(67)71(60)61-38-36-55-53-32-16-18-34-63(53)73(66(55)70(61)75-68)45-23-5-2-6-24-45/h1-41H. The lowest BCUT2D eigenvalue weighted by Gasteiger charge is -2.36. The minimum atomic E-state index is -0.294. The van der Waals surface area contributed by atoms with Crippen LogP contribution < -0.4 is 25.9 Å². The third-order valence-corrected chi connectivity index (χ3v) is 16.4. The summed E-state index contributed by atoms with van der Waals surface area (Å²) in [6, 6.07) is 90.8. The minimum Gasteiger partial charge on any atom is -0.455 e. The van der Waals surface area contributed by atoms with Gasteiger partial charge in [-0.15, -0.1) is 0 Å². The summed E-state index contributed by atoms with van der Waals surface area (Å²) in [5.74, 6) is 3.32. The van der Waals surface area contributed by atoms with Crippen LogP contribution in [0.3, 0.4) is 0 Å². The van der Waals surface area contributed by atoms with Crippen LogP contribution in [0.25, 0.3) is 120 Å². The zero-order valence-corrected chi connectivity index (χ0v) is 40.5. The van der Waals surface area contributed by atoms with Crippen LogP contribution in [0.1, 0.15) is 0 Å². The average Bonchev–Trinajstić information content (AvgIpc) is 4.09. The molecule has 75 heavy (non-hydrogen) atoms. The number of nitrogens with zero attached hydrogens (tertiary/aromatic N) is 2. The van der Waals surface area contributed by atoms with Crippen molar-refractivity contribution >= 4 is 110 Å². The maximum Gasteiger partial charge on any atom is 0.260 e. The first kappa shape index (κ1) is 40.7. The number of hydrogen-bond acceptors (Lipinski definition) is 2. The third kappa shape index (κ3) is 5.61. The summed E-state index contributed by atoms with van der Waals surface area (Å²) in [6.45, 7) is -0.294. The molecule has 2 aliphatic heterocycles. The Balaban J connectivity index is 1.08. The highest BCUT2D eigenvalue weighted by Gasteiger charge is 2.45. The normalized spacial score (nSPS) is 12.7. The van der Waals surface area contributed by atoms with Crippen LogP contribution in [0.5, 0.6) is 23.0 Å². The second kappa shape index (κ2) is 15.3. The highest BCUT2D eigenvalue weighted by molar-refractivity contribution is 6.99. The molecule has 2 aromatic heterocycles. The number of rotatable bonds is 4. The van der Waals surface area contributed by atoms with E-state index in [-0.39, 0.29) is 6.71 Å². The molecule has 0 fully saturated rings. The average molecular weight is 953 g/mol. The monoisotopic (exact) mass is 952 g/mol. The van der Waals surface area contributed by atoms with Crippen molar-refractivity contribution in [3.63, 3.8) is 0 Å². The minimum absolute atomic E-state index is 0.294. The number of hydrogen-bond donors (Lipinski definition) is 0. The Morgan fingerprint density at radius 1 is 0.267 bits per heavy atom. The molecule has 0 radical (unpaired) electrons. The Bertz CT molecular complexity index is 4650. The maximum absolute atomic E-state index is 7.96. The molecule has 0 spiro atoms. The molecule has 0 amide bonds. The predicted molar refractivity (Wildman–Crippen MR) is 314 cm³/mol. The smallest absolute Gasteiger partial charge is 0.260 e. The van der Waals surface area contributed by atoms with E-state index in [1.165, 1.54) is 43.1 Å². The van der Waals surface area contributed by atoms with Crippen LogP contribution in [0.2, 0.25) is 0 Å². The predicted octanol–water partition coefficient (Wildman–Crippen LogP) is 16.6. The van der Waals surface area contributed by atoms with Gasteiger partial charge in [-0.05, 0) is 120 Å². The van der Waals surface area contributed by atoms with Crippen LogP contribution in [0.15, 0.2) is 249 Å². The molecule has 0 bridgehead atoms. The summed E-state index contributed by atoms with van der Waals surface area (Å²) >= 11 is 0. The van der Waals surface area contributed by atoms with Gasteiger partial charge in [0, 0.05) is 49.5 Å². The molecule has 15 aromatic rings. The van der Waals surface area contributed by atoms with Crippen LogP contribution in [-0.2, 0) is 0 Å². The quantitative estimate of drug-likeness (QED) is 0.130. The fourth-order valence-electron chi connectivity index (χ4n) is 13.2. The Morgan fingerprint density at radius 2 is 0.640 bits per heavy atom. The lowest BCUT2D eigenvalue weighted by Crippen LogP contribution is -2.57. The first-order chi connectivity index (χ1) is 37.2. The van der Waals surface area contributed by atoms with Crippen molar-refractivity contribution in [3.8, 4) is 56.6 Å². The van der Waals surface area contributed by atoms with Gasteiger partial charge in [0.1, 0.15) is 23.0 Å². The number of benzene rings is 13. The van der Waals surface area contributed by atoms with Crippen molar-refractivity contribution in [1.29, 1.82) is 0 Å². The molecule has 17 rings (SSSR count). The second-order valence-electron chi connectivity index (χ2n) is 20.2. The molecular weight excluding hydrogens is 912 g/mol. The summed E-state index contributed by atoms with van der Waals surface area (Å²) < 4.78 is 20.7. The van der Waals surface area contributed by atoms with E-state index in [4.69, 9.17) is 9.47 Å². The lowest BCUT2D eigenvalue weighted by atomic mass is 9.34. The summed E-state index contributed by atoms with van der Waals surface area (Å²) in [5.41, 5.74) is 14.0. The molecule has 4 heterocycles. The van der Waals surface area contributed by atoms with Gasteiger partial charge in [-0.25, -0.2) is 0 Å². The third-order valence-electron chi connectivity index (χ3n) is 16.4. The number of aromatic nitrogens is 2. The van der Waals surface area contributed by atoms with Gasteiger partial charge in [0.15, 0.2) is 0 Å². The van der Waals surface area contributed by atoms with Gasteiger partial charge in [-0.2, -0.15) is 0 Å². The van der Waals surface area contributed by atoms with Crippen molar-refractivity contribution in [2.45, 2.75) is 0 Å². The van der Waals surface area contributed by atoms with Gasteiger partial charge in [0.25, 0.3) is 6.71 Å². The van der Waals surface area contributed by atoms with Crippen molar-refractivity contribution in [3.05, 3.63) is 249 Å². The molecule has 13 aromatic carbocycles. The van der Waals surface area contributed by atoms with E-state index in [1.807, 2.05) is 0 Å². The summed E-state index contributed by atoms with van der Waals surface area (Å²) in [7, 11) is 0. The first-order valence-electron chi connectivity index (χ1n) is 25.9. The summed E-state index contributed by atoms with van der Waals surface area (Å²) in [6.07, 6.45) is 0. The molecule has 0 aliphatic carbocycles. The molecular formula is C70H41BN2O2.